The second-order valence-electron chi connectivity index (χ2n) is 7.78. The Morgan fingerprint density at radius 1 is 1.11 bits per heavy atom. The summed E-state index contributed by atoms with van der Waals surface area (Å²) in [4.78, 5) is 27.0. The number of rotatable bonds is 5. The number of nitrogens with one attached hydrogen (secondary N) is 1. The average Bonchev–Trinajstić information content (AvgIpc) is 3.22. The normalized spacial score (nSPS) is 19.3. The molecule has 0 radical (unpaired) electrons. The van der Waals surface area contributed by atoms with E-state index in [4.69, 9.17) is 9.47 Å². The lowest BCUT2D eigenvalue weighted by atomic mass is 9.94. The minimum absolute atomic E-state index is 0.00105. The van der Waals surface area contributed by atoms with Gasteiger partial charge in [0.15, 0.2) is 11.5 Å². The number of ether oxygens (including phenoxy) is 2. The molecule has 28 heavy (non-hydrogen) atoms. The van der Waals surface area contributed by atoms with Crippen LogP contribution in [-0.4, -0.2) is 43.1 Å². The summed E-state index contributed by atoms with van der Waals surface area (Å²) >= 11 is 0. The molecule has 150 valence electrons. The van der Waals surface area contributed by atoms with E-state index in [-0.39, 0.29) is 24.5 Å². The standard InChI is InChI=1S/C22H28N2O4/c25-21(23-11-8-16-4-2-1-3-5-16)17-9-12-24(13-10-17)22(26)18-6-7-19-20(14-18)28-15-27-19/h4,6-7,14,17H,1-3,5,8-13,15H2,(H,23,25). The van der Waals surface area contributed by atoms with E-state index < -0.39 is 0 Å². The zero-order valence-corrected chi connectivity index (χ0v) is 16.2. The number of benzene rings is 1. The van der Waals surface area contributed by atoms with Crippen molar-refractivity contribution in [3.63, 3.8) is 0 Å². The molecule has 1 aromatic rings. The second kappa shape index (κ2) is 8.67. The Labute approximate surface area is 165 Å². The van der Waals surface area contributed by atoms with Crippen molar-refractivity contribution in [3.05, 3.63) is 35.4 Å². The van der Waals surface area contributed by atoms with Crippen LogP contribution in [0.1, 0.15) is 55.3 Å². The van der Waals surface area contributed by atoms with Gasteiger partial charge >= 0.3 is 0 Å². The lowest BCUT2D eigenvalue weighted by Gasteiger charge is -2.31. The highest BCUT2D eigenvalue weighted by Crippen LogP contribution is 2.33. The van der Waals surface area contributed by atoms with E-state index in [1.165, 1.54) is 31.3 Å². The molecule has 3 aliphatic rings. The predicted molar refractivity (Wildman–Crippen MR) is 105 cm³/mol. The van der Waals surface area contributed by atoms with Gasteiger partial charge in [0.25, 0.3) is 5.91 Å². The van der Waals surface area contributed by atoms with E-state index in [1.54, 1.807) is 18.2 Å². The zero-order valence-electron chi connectivity index (χ0n) is 16.2. The number of likely N-dealkylation sites (tertiary alicyclic amines) is 1. The number of amides is 2. The highest BCUT2D eigenvalue weighted by atomic mass is 16.7. The number of piperidine rings is 1. The van der Waals surface area contributed by atoms with Crippen molar-refractivity contribution < 1.29 is 19.1 Å². The molecule has 2 heterocycles. The van der Waals surface area contributed by atoms with E-state index in [0.29, 0.717) is 43.0 Å². The second-order valence-corrected chi connectivity index (χ2v) is 7.78. The van der Waals surface area contributed by atoms with Gasteiger partial charge in [-0.1, -0.05) is 11.6 Å². The monoisotopic (exact) mass is 384 g/mol. The van der Waals surface area contributed by atoms with Gasteiger partial charge in [0.05, 0.1) is 0 Å². The fraction of sp³-hybridized carbons (Fsp3) is 0.545. The zero-order chi connectivity index (χ0) is 19.3. The minimum atomic E-state index is -0.0126. The molecular formula is C22H28N2O4. The summed E-state index contributed by atoms with van der Waals surface area (Å²) in [6.45, 7) is 2.14. The molecule has 4 rings (SSSR count). The molecule has 1 N–H and O–H groups in total. The molecule has 0 bridgehead atoms. The Morgan fingerprint density at radius 2 is 1.93 bits per heavy atom. The molecule has 1 aromatic carbocycles. The van der Waals surface area contributed by atoms with Crippen molar-refractivity contribution >= 4 is 11.8 Å². The molecule has 1 aliphatic carbocycles. The van der Waals surface area contributed by atoms with Crippen LogP contribution in [0, 0.1) is 5.92 Å². The Hall–Kier alpha value is -2.50. The molecule has 0 spiro atoms. The van der Waals surface area contributed by atoms with Gasteiger partial charge in [-0.2, -0.15) is 0 Å². The predicted octanol–water partition coefficient (Wildman–Crippen LogP) is 3.27. The fourth-order valence-corrected chi connectivity index (χ4v) is 4.18. The molecule has 0 atom stereocenters. The molecule has 2 aliphatic heterocycles. The fourth-order valence-electron chi connectivity index (χ4n) is 4.18. The molecule has 6 nitrogen and oxygen atoms in total. The SMILES string of the molecule is O=C(NCCC1=CCCCC1)C1CCN(C(=O)c2ccc3c(c2)OCO3)CC1. The minimum Gasteiger partial charge on any atom is -0.454 e. The summed E-state index contributed by atoms with van der Waals surface area (Å²) in [5, 5.41) is 3.09. The first-order valence-electron chi connectivity index (χ1n) is 10.4. The van der Waals surface area contributed by atoms with Crippen LogP contribution in [0.15, 0.2) is 29.8 Å². The first-order chi connectivity index (χ1) is 13.7. The quantitative estimate of drug-likeness (QED) is 0.791. The highest BCUT2D eigenvalue weighted by molar-refractivity contribution is 5.95. The third-order valence-electron chi connectivity index (χ3n) is 5.90. The number of nitrogens with zero attached hydrogens (tertiary/aromatic N) is 1. The van der Waals surface area contributed by atoms with E-state index >= 15 is 0 Å². The Balaban J connectivity index is 1.23. The van der Waals surface area contributed by atoms with Crippen LogP contribution in [0.2, 0.25) is 0 Å². The summed E-state index contributed by atoms with van der Waals surface area (Å²) in [7, 11) is 0. The largest absolute Gasteiger partial charge is 0.454 e. The molecule has 1 saturated heterocycles. The Bertz CT molecular complexity index is 766. The Morgan fingerprint density at radius 3 is 2.71 bits per heavy atom. The first kappa shape index (κ1) is 18.8. The van der Waals surface area contributed by atoms with Gasteiger partial charge in [-0.3, -0.25) is 9.59 Å². The average molecular weight is 384 g/mol. The molecule has 1 fully saturated rings. The summed E-state index contributed by atoms with van der Waals surface area (Å²) in [6.07, 6.45) is 9.64. The van der Waals surface area contributed by atoms with E-state index in [0.717, 1.165) is 13.0 Å². The molecule has 0 saturated carbocycles. The Kier molecular flexibility index (Phi) is 5.84. The van der Waals surface area contributed by atoms with Gasteiger partial charge < -0.3 is 19.7 Å². The third-order valence-corrected chi connectivity index (χ3v) is 5.90. The van der Waals surface area contributed by atoms with Gasteiger partial charge in [0.1, 0.15) is 0 Å². The van der Waals surface area contributed by atoms with E-state index in [1.807, 2.05) is 4.90 Å². The van der Waals surface area contributed by atoms with Gasteiger partial charge in [-0.05, 0) is 63.1 Å². The number of hydrogen-bond donors (Lipinski definition) is 1. The van der Waals surface area contributed by atoms with Crippen LogP contribution in [-0.2, 0) is 4.79 Å². The summed E-state index contributed by atoms with van der Waals surface area (Å²) in [5.41, 5.74) is 2.09. The topological polar surface area (TPSA) is 67.9 Å². The van der Waals surface area contributed by atoms with Crippen LogP contribution in [0.3, 0.4) is 0 Å². The first-order valence-corrected chi connectivity index (χ1v) is 10.4. The van der Waals surface area contributed by atoms with Crippen LogP contribution in [0.5, 0.6) is 11.5 Å². The van der Waals surface area contributed by atoms with Crippen molar-refractivity contribution in [3.8, 4) is 11.5 Å². The number of fused-ring (bicyclic) bond motifs is 1. The summed E-state index contributed by atoms with van der Waals surface area (Å²) in [6, 6.07) is 5.29. The summed E-state index contributed by atoms with van der Waals surface area (Å²) in [5.74, 6) is 1.42. The van der Waals surface area contributed by atoms with Crippen LogP contribution in [0.25, 0.3) is 0 Å². The summed E-state index contributed by atoms with van der Waals surface area (Å²) < 4.78 is 10.7. The number of carbonyl (C=O) groups is 2. The maximum absolute atomic E-state index is 12.7. The number of carbonyl (C=O) groups excluding carboxylic acids is 2. The van der Waals surface area contributed by atoms with Crippen molar-refractivity contribution in [2.45, 2.75) is 44.9 Å². The van der Waals surface area contributed by atoms with Gasteiger partial charge in [-0.25, -0.2) is 0 Å². The maximum Gasteiger partial charge on any atom is 0.253 e. The van der Waals surface area contributed by atoms with Crippen LogP contribution < -0.4 is 14.8 Å². The lowest BCUT2D eigenvalue weighted by molar-refractivity contribution is -0.126. The van der Waals surface area contributed by atoms with Gasteiger partial charge in [0.2, 0.25) is 12.7 Å². The number of allylic oxidation sites excluding steroid dienone is 1. The maximum atomic E-state index is 12.7. The molecular weight excluding hydrogens is 356 g/mol. The van der Waals surface area contributed by atoms with Crippen molar-refractivity contribution in [1.82, 2.24) is 10.2 Å². The smallest absolute Gasteiger partial charge is 0.253 e. The highest BCUT2D eigenvalue weighted by Gasteiger charge is 2.28. The molecule has 0 aromatic heterocycles. The van der Waals surface area contributed by atoms with E-state index in [9.17, 15) is 9.59 Å². The van der Waals surface area contributed by atoms with Crippen LogP contribution >= 0.6 is 0 Å². The van der Waals surface area contributed by atoms with Crippen LogP contribution in [0.4, 0.5) is 0 Å². The van der Waals surface area contributed by atoms with Crippen molar-refractivity contribution in [2.24, 2.45) is 5.92 Å². The van der Waals surface area contributed by atoms with Gasteiger partial charge in [0, 0.05) is 31.1 Å². The third kappa shape index (κ3) is 4.32. The van der Waals surface area contributed by atoms with Crippen molar-refractivity contribution in [2.75, 3.05) is 26.4 Å². The number of hydrogen-bond acceptors (Lipinski definition) is 4. The van der Waals surface area contributed by atoms with E-state index in [2.05, 4.69) is 11.4 Å². The van der Waals surface area contributed by atoms with Gasteiger partial charge in [-0.15, -0.1) is 0 Å². The molecule has 0 unspecified atom stereocenters. The molecule has 6 heteroatoms. The van der Waals surface area contributed by atoms with Crippen molar-refractivity contribution in [1.29, 1.82) is 0 Å². The molecule has 2 amide bonds. The lowest BCUT2D eigenvalue weighted by Crippen LogP contribution is -2.43.